The van der Waals surface area contributed by atoms with Gasteiger partial charge in [-0.2, -0.15) is 0 Å². The predicted molar refractivity (Wildman–Crippen MR) is 98.1 cm³/mol. The molecule has 2 aliphatic rings. The van der Waals surface area contributed by atoms with Crippen LogP contribution in [-0.4, -0.2) is 43.9 Å². The molecule has 136 valence electrons. The summed E-state index contributed by atoms with van der Waals surface area (Å²) in [6, 6.07) is 10.7. The SMILES string of the molecule is O=C(Nc1ccc(CN2CCOCC2)c(Cl)c1)c1ccc2c(c1)OCO2. The van der Waals surface area contributed by atoms with Crippen molar-refractivity contribution in [2.75, 3.05) is 38.4 Å². The quantitative estimate of drug-likeness (QED) is 0.890. The van der Waals surface area contributed by atoms with Gasteiger partial charge in [0.2, 0.25) is 6.79 Å². The van der Waals surface area contributed by atoms with Gasteiger partial charge in [0.15, 0.2) is 11.5 Å². The molecular weight excluding hydrogens is 356 g/mol. The predicted octanol–water partition coefficient (Wildman–Crippen LogP) is 3.15. The normalized spacial score (nSPS) is 16.5. The number of hydrogen-bond acceptors (Lipinski definition) is 5. The fraction of sp³-hybridized carbons (Fsp3) is 0.316. The second-order valence-electron chi connectivity index (χ2n) is 6.22. The zero-order chi connectivity index (χ0) is 17.9. The molecule has 2 aromatic carbocycles. The van der Waals surface area contributed by atoms with Gasteiger partial charge in [-0.25, -0.2) is 0 Å². The standard InChI is InChI=1S/C19H19ClN2O4/c20-16-10-15(3-1-14(16)11-22-5-7-24-8-6-22)21-19(23)13-2-4-17-18(9-13)26-12-25-17/h1-4,9-10H,5-8,11-12H2,(H,21,23). The first-order valence-corrected chi connectivity index (χ1v) is 8.86. The minimum absolute atomic E-state index is 0.181. The molecule has 1 saturated heterocycles. The van der Waals surface area contributed by atoms with Gasteiger partial charge in [-0.05, 0) is 35.9 Å². The van der Waals surface area contributed by atoms with Crippen LogP contribution in [0.1, 0.15) is 15.9 Å². The minimum atomic E-state index is -0.222. The molecule has 7 heteroatoms. The minimum Gasteiger partial charge on any atom is -0.454 e. The molecule has 1 N–H and O–H groups in total. The molecule has 2 aliphatic heterocycles. The van der Waals surface area contributed by atoms with E-state index in [9.17, 15) is 4.79 Å². The summed E-state index contributed by atoms with van der Waals surface area (Å²) in [5, 5.41) is 3.51. The highest BCUT2D eigenvalue weighted by molar-refractivity contribution is 6.31. The van der Waals surface area contributed by atoms with Crippen LogP contribution in [0.2, 0.25) is 5.02 Å². The summed E-state index contributed by atoms with van der Waals surface area (Å²) in [5.74, 6) is 1.01. The van der Waals surface area contributed by atoms with E-state index >= 15 is 0 Å². The second-order valence-corrected chi connectivity index (χ2v) is 6.62. The number of ether oxygens (including phenoxy) is 3. The first-order valence-electron chi connectivity index (χ1n) is 8.48. The molecule has 0 aromatic heterocycles. The van der Waals surface area contributed by atoms with Crippen molar-refractivity contribution in [3.63, 3.8) is 0 Å². The maximum absolute atomic E-state index is 12.5. The molecule has 2 heterocycles. The van der Waals surface area contributed by atoms with E-state index in [1.165, 1.54) is 0 Å². The monoisotopic (exact) mass is 374 g/mol. The highest BCUT2D eigenvalue weighted by Gasteiger charge is 2.17. The molecule has 0 aliphatic carbocycles. The van der Waals surface area contributed by atoms with Crippen molar-refractivity contribution in [1.82, 2.24) is 4.90 Å². The summed E-state index contributed by atoms with van der Waals surface area (Å²) in [5.41, 5.74) is 2.20. The van der Waals surface area contributed by atoms with Gasteiger partial charge in [0.1, 0.15) is 0 Å². The Morgan fingerprint density at radius 3 is 2.69 bits per heavy atom. The molecule has 2 aromatic rings. The molecule has 0 unspecified atom stereocenters. The molecule has 1 amide bonds. The van der Waals surface area contributed by atoms with E-state index in [4.69, 9.17) is 25.8 Å². The van der Waals surface area contributed by atoms with Crippen LogP contribution in [0.3, 0.4) is 0 Å². The van der Waals surface area contributed by atoms with Gasteiger partial charge in [0.05, 0.1) is 13.2 Å². The molecule has 4 rings (SSSR count). The summed E-state index contributed by atoms with van der Waals surface area (Å²) in [7, 11) is 0. The summed E-state index contributed by atoms with van der Waals surface area (Å²) >= 11 is 6.41. The molecule has 0 saturated carbocycles. The Morgan fingerprint density at radius 1 is 1.08 bits per heavy atom. The fourth-order valence-corrected chi connectivity index (χ4v) is 3.23. The van der Waals surface area contributed by atoms with E-state index in [0.717, 1.165) is 38.4 Å². The van der Waals surface area contributed by atoms with E-state index in [0.29, 0.717) is 27.8 Å². The number of fused-ring (bicyclic) bond motifs is 1. The Balaban J connectivity index is 1.43. The van der Waals surface area contributed by atoms with Crippen LogP contribution in [0.25, 0.3) is 0 Å². The number of carbonyl (C=O) groups excluding carboxylic acids is 1. The maximum atomic E-state index is 12.5. The number of nitrogens with one attached hydrogen (secondary N) is 1. The zero-order valence-corrected chi connectivity index (χ0v) is 14.9. The van der Waals surface area contributed by atoms with Gasteiger partial charge >= 0.3 is 0 Å². The van der Waals surface area contributed by atoms with Gasteiger partial charge in [0, 0.05) is 35.9 Å². The molecule has 0 bridgehead atoms. The van der Waals surface area contributed by atoms with Crippen molar-refractivity contribution >= 4 is 23.2 Å². The molecule has 0 radical (unpaired) electrons. The van der Waals surface area contributed by atoms with Crippen molar-refractivity contribution < 1.29 is 19.0 Å². The number of nitrogens with zero attached hydrogens (tertiary/aromatic N) is 1. The van der Waals surface area contributed by atoms with Crippen LogP contribution < -0.4 is 14.8 Å². The van der Waals surface area contributed by atoms with Crippen LogP contribution in [0.5, 0.6) is 11.5 Å². The van der Waals surface area contributed by atoms with Crippen molar-refractivity contribution in [2.45, 2.75) is 6.54 Å². The molecule has 0 spiro atoms. The van der Waals surface area contributed by atoms with E-state index in [-0.39, 0.29) is 12.7 Å². The number of hydrogen-bond donors (Lipinski definition) is 1. The second kappa shape index (κ2) is 7.53. The van der Waals surface area contributed by atoms with Crippen molar-refractivity contribution in [1.29, 1.82) is 0 Å². The molecule has 26 heavy (non-hydrogen) atoms. The lowest BCUT2D eigenvalue weighted by Crippen LogP contribution is -2.35. The van der Waals surface area contributed by atoms with Crippen LogP contribution in [0.15, 0.2) is 36.4 Å². The number of anilines is 1. The third-order valence-corrected chi connectivity index (χ3v) is 4.80. The topological polar surface area (TPSA) is 60.0 Å². The summed E-state index contributed by atoms with van der Waals surface area (Å²) in [6.07, 6.45) is 0. The molecular formula is C19H19ClN2O4. The lowest BCUT2D eigenvalue weighted by molar-refractivity contribution is 0.0342. The van der Waals surface area contributed by atoms with Gasteiger partial charge in [-0.15, -0.1) is 0 Å². The van der Waals surface area contributed by atoms with Crippen LogP contribution >= 0.6 is 11.6 Å². The first-order chi connectivity index (χ1) is 12.7. The van der Waals surface area contributed by atoms with Gasteiger partial charge in [0.25, 0.3) is 5.91 Å². The third-order valence-electron chi connectivity index (χ3n) is 4.44. The summed E-state index contributed by atoms with van der Waals surface area (Å²) in [6.45, 7) is 4.26. The van der Waals surface area contributed by atoms with Gasteiger partial charge < -0.3 is 19.5 Å². The molecule has 1 fully saturated rings. The van der Waals surface area contributed by atoms with Crippen LogP contribution in [0.4, 0.5) is 5.69 Å². The van der Waals surface area contributed by atoms with Crippen molar-refractivity contribution in [2.24, 2.45) is 0 Å². The number of carbonyl (C=O) groups is 1. The third kappa shape index (κ3) is 3.77. The molecule has 0 atom stereocenters. The van der Waals surface area contributed by atoms with E-state index < -0.39 is 0 Å². The van der Waals surface area contributed by atoms with Gasteiger partial charge in [-0.3, -0.25) is 9.69 Å². The van der Waals surface area contributed by atoms with E-state index in [1.54, 1.807) is 24.3 Å². The highest BCUT2D eigenvalue weighted by Crippen LogP contribution is 2.32. The van der Waals surface area contributed by atoms with E-state index in [2.05, 4.69) is 10.2 Å². The maximum Gasteiger partial charge on any atom is 0.255 e. The first kappa shape index (κ1) is 17.1. The Morgan fingerprint density at radius 2 is 1.88 bits per heavy atom. The Labute approximate surface area is 156 Å². The number of morpholine rings is 1. The summed E-state index contributed by atoms with van der Waals surface area (Å²) < 4.78 is 15.9. The number of benzene rings is 2. The van der Waals surface area contributed by atoms with E-state index in [1.807, 2.05) is 12.1 Å². The summed E-state index contributed by atoms with van der Waals surface area (Å²) in [4.78, 5) is 14.8. The lowest BCUT2D eigenvalue weighted by Gasteiger charge is -2.27. The zero-order valence-electron chi connectivity index (χ0n) is 14.2. The largest absolute Gasteiger partial charge is 0.454 e. The van der Waals surface area contributed by atoms with Crippen LogP contribution in [-0.2, 0) is 11.3 Å². The van der Waals surface area contributed by atoms with Crippen molar-refractivity contribution in [3.8, 4) is 11.5 Å². The molecule has 6 nitrogen and oxygen atoms in total. The Bertz CT molecular complexity index is 821. The smallest absolute Gasteiger partial charge is 0.255 e. The average Bonchev–Trinajstić information content (AvgIpc) is 3.12. The average molecular weight is 375 g/mol. The van der Waals surface area contributed by atoms with Crippen molar-refractivity contribution in [3.05, 3.63) is 52.5 Å². The highest BCUT2D eigenvalue weighted by atomic mass is 35.5. The number of rotatable bonds is 4. The number of amides is 1. The Hall–Kier alpha value is -2.28. The fourth-order valence-electron chi connectivity index (χ4n) is 2.99. The van der Waals surface area contributed by atoms with Gasteiger partial charge in [-0.1, -0.05) is 17.7 Å². The van der Waals surface area contributed by atoms with Crippen LogP contribution in [0, 0.1) is 0 Å². The number of halogens is 1. The lowest BCUT2D eigenvalue weighted by atomic mass is 10.1. The Kier molecular flexibility index (Phi) is 4.97.